The monoisotopic (exact) mass is 398 g/mol. The zero-order valence-corrected chi connectivity index (χ0v) is 16.6. The van der Waals surface area contributed by atoms with Gasteiger partial charge in [0.2, 0.25) is 10.0 Å². The fourth-order valence-corrected chi connectivity index (χ4v) is 5.61. The minimum Gasteiger partial charge on any atom is -0.337 e. The lowest BCUT2D eigenvalue weighted by atomic mass is 10.1. The third kappa shape index (κ3) is 3.68. The molecule has 0 N–H and O–H groups in total. The summed E-state index contributed by atoms with van der Waals surface area (Å²) in [6.45, 7) is 2.36. The summed E-state index contributed by atoms with van der Waals surface area (Å²) >= 11 is 7.38. The van der Waals surface area contributed by atoms with E-state index in [0.29, 0.717) is 28.6 Å². The van der Waals surface area contributed by atoms with Crippen LogP contribution in [0, 0.1) is 0 Å². The van der Waals surface area contributed by atoms with Gasteiger partial charge in [-0.3, -0.25) is 9.10 Å². The van der Waals surface area contributed by atoms with E-state index >= 15 is 0 Å². The molecule has 5 nitrogen and oxygen atoms in total. The van der Waals surface area contributed by atoms with E-state index in [1.807, 2.05) is 19.1 Å². The van der Waals surface area contributed by atoms with Crippen molar-refractivity contribution in [2.75, 3.05) is 17.6 Å². The predicted molar refractivity (Wildman–Crippen MR) is 102 cm³/mol. The summed E-state index contributed by atoms with van der Waals surface area (Å²) in [4.78, 5) is 15.3. The van der Waals surface area contributed by atoms with Crippen molar-refractivity contribution in [2.24, 2.45) is 0 Å². The molecule has 1 aromatic heterocycles. The Hall–Kier alpha value is -1.57. The van der Waals surface area contributed by atoms with Gasteiger partial charge in [-0.1, -0.05) is 11.6 Å². The Balaban J connectivity index is 1.83. The number of carbonyl (C=O) groups is 1. The maximum atomic E-state index is 12.7. The number of fused-ring (bicyclic) bond motifs is 1. The van der Waals surface area contributed by atoms with Gasteiger partial charge >= 0.3 is 0 Å². The van der Waals surface area contributed by atoms with Crippen molar-refractivity contribution < 1.29 is 13.2 Å². The Morgan fingerprint density at radius 1 is 1.36 bits per heavy atom. The molecule has 0 radical (unpaired) electrons. The van der Waals surface area contributed by atoms with Crippen LogP contribution in [0.25, 0.3) is 0 Å². The van der Waals surface area contributed by atoms with Crippen molar-refractivity contribution in [2.45, 2.75) is 25.9 Å². The summed E-state index contributed by atoms with van der Waals surface area (Å²) in [5.41, 5.74) is 2.11. The maximum Gasteiger partial charge on any atom is 0.253 e. The Labute approximate surface area is 156 Å². The molecule has 1 amide bonds. The molecule has 1 aliphatic rings. The van der Waals surface area contributed by atoms with Gasteiger partial charge in [0.25, 0.3) is 5.91 Å². The van der Waals surface area contributed by atoms with Crippen molar-refractivity contribution in [3.8, 4) is 0 Å². The number of hydrogen-bond donors (Lipinski definition) is 0. The molecule has 0 saturated heterocycles. The molecule has 8 heteroatoms. The average molecular weight is 399 g/mol. The second-order valence-corrected chi connectivity index (χ2v) is 9.98. The summed E-state index contributed by atoms with van der Waals surface area (Å²) in [6.07, 6.45) is 1.81. The molecule has 2 aromatic rings. The zero-order chi connectivity index (χ0) is 18.4. The van der Waals surface area contributed by atoms with Gasteiger partial charge in [-0.15, -0.1) is 11.3 Å². The first kappa shape index (κ1) is 18.2. The fraction of sp³-hybridized carbons (Fsp3) is 0.353. The predicted octanol–water partition coefficient (Wildman–Crippen LogP) is 3.38. The number of amides is 1. The standard InChI is InChI=1S/C17H19ClN2O3S2/c1-11-8-13-9-12(4-6-15(13)20(11)25(3,22)23)17(21)19(2)10-14-5-7-16(18)24-14/h4-7,9,11H,8,10H2,1-3H3. The molecule has 3 rings (SSSR count). The highest BCUT2D eigenvalue weighted by Crippen LogP contribution is 2.35. The Kier molecular flexibility index (Phi) is 4.83. The molecule has 134 valence electrons. The topological polar surface area (TPSA) is 57.7 Å². The number of nitrogens with zero attached hydrogens (tertiary/aromatic N) is 2. The van der Waals surface area contributed by atoms with Crippen LogP contribution in [0.2, 0.25) is 4.34 Å². The highest BCUT2D eigenvalue weighted by atomic mass is 35.5. The molecule has 25 heavy (non-hydrogen) atoms. The minimum atomic E-state index is -3.33. The fourth-order valence-electron chi connectivity index (χ4n) is 3.20. The van der Waals surface area contributed by atoms with E-state index in [9.17, 15) is 13.2 Å². The van der Waals surface area contributed by atoms with Crippen LogP contribution in [0.15, 0.2) is 30.3 Å². The molecule has 1 aliphatic heterocycles. The number of sulfonamides is 1. The van der Waals surface area contributed by atoms with E-state index < -0.39 is 10.0 Å². The number of carbonyl (C=O) groups excluding carboxylic acids is 1. The van der Waals surface area contributed by atoms with Crippen LogP contribution in [0.4, 0.5) is 5.69 Å². The van der Waals surface area contributed by atoms with E-state index in [0.717, 1.165) is 10.4 Å². The molecular formula is C17H19ClN2O3S2. The van der Waals surface area contributed by atoms with Gasteiger partial charge in [0, 0.05) is 23.5 Å². The van der Waals surface area contributed by atoms with E-state index in [2.05, 4.69) is 0 Å². The largest absolute Gasteiger partial charge is 0.337 e. The average Bonchev–Trinajstić information content (AvgIpc) is 3.06. The zero-order valence-electron chi connectivity index (χ0n) is 14.2. The van der Waals surface area contributed by atoms with Gasteiger partial charge in [-0.05, 0) is 49.2 Å². The summed E-state index contributed by atoms with van der Waals surface area (Å²) in [6, 6.07) is 8.80. The number of benzene rings is 1. The van der Waals surface area contributed by atoms with Crippen molar-refractivity contribution in [1.29, 1.82) is 0 Å². The normalized spacial score (nSPS) is 16.8. The highest BCUT2D eigenvalue weighted by molar-refractivity contribution is 7.92. The summed E-state index contributed by atoms with van der Waals surface area (Å²) in [5.74, 6) is -0.0993. The van der Waals surface area contributed by atoms with Gasteiger partial charge in [-0.25, -0.2) is 8.42 Å². The highest BCUT2D eigenvalue weighted by Gasteiger charge is 2.33. The van der Waals surface area contributed by atoms with Crippen molar-refractivity contribution in [3.05, 3.63) is 50.7 Å². The van der Waals surface area contributed by atoms with Gasteiger partial charge < -0.3 is 4.90 Å². The molecule has 0 aliphatic carbocycles. The lowest BCUT2D eigenvalue weighted by Gasteiger charge is -2.22. The molecule has 1 aromatic carbocycles. The number of rotatable bonds is 4. The first-order chi connectivity index (χ1) is 11.7. The molecule has 1 atom stereocenters. The maximum absolute atomic E-state index is 12.7. The molecular weight excluding hydrogens is 380 g/mol. The third-order valence-corrected chi connectivity index (χ3v) is 6.69. The molecule has 2 heterocycles. The van der Waals surface area contributed by atoms with Gasteiger partial charge in [0.15, 0.2) is 0 Å². The van der Waals surface area contributed by atoms with Crippen LogP contribution in [0.5, 0.6) is 0 Å². The van der Waals surface area contributed by atoms with Crippen LogP contribution in [0.3, 0.4) is 0 Å². The summed E-state index contributed by atoms with van der Waals surface area (Å²) < 4.78 is 26.1. The molecule has 0 bridgehead atoms. The number of halogens is 1. The molecule has 0 saturated carbocycles. The van der Waals surface area contributed by atoms with Crippen LogP contribution in [-0.2, 0) is 23.0 Å². The SMILES string of the molecule is CC1Cc2cc(C(=O)N(C)Cc3ccc(Cl)s3)ccc2N1S(C)(=O)=O. The summed E-state index contributed by atoms with van der Waals surface area (Å²) in [7, 11) is -1.58. The molecule has 0 fully saturated rings. The van der Waals surface area contributed by atoms with E-state index in [1.54, 1.807) is 30.1 Å². The van der Waals surface area contributed by atoms with E-state index in [4.69, 9.17) is 11.6 Å². The van der Waals surface area contributed by atoms with Crippen molar-refractivity contribution in [3.63, 3.8) is 0 Å². The van der Waals surface area contributed by atoms with E-state index in [1.165, 1.54) is 21.9 Å². The van der Waals surface area contributed by atoms with Crippen LogP contribution >= 0.6 is 22.9 Å². The van der Waals surface area contributed by atoms with Gasteiger partial charge in [0.05, 0.1) is 22.8 Å². The lowest BCUT2D eigenvalue weighted by molar-refractivity contribution is 0.0786. The lowest BCUT2D eigenvalue weighted by Crippen LogP contribution is -2.34. The second-order valence-electron chi connectivity index (χ2n) is 6.32. The first-order valence-corrected chi connectivity index (χ1v) is 10.8. The minimum absolute atomic E-state index is 0.0993. The van der Waals surface area contributed by atoms with Crippen molar-refractivity contribution in [1.82, 2.24) is 4.90 Å². The van der Waals surface area contributed by atoms with Crippen LogP contribution in [-0.4, -0.2) is 38.6 Å². The van der Waals surface area contributed by atoms with E-state index in [-0.39, 0.29) is 11.9 Å². The first-order valence-electron chi connectivity index (χ1n) is 7.79. The van der Waals surface area contributed by atoms with Crippen molar-refractivity contribution >= 4 is 44.6 Å². The Morgan fingerprint density at radius 2 is 2.08 bits per heavy atom. The third-order valence-electron chi connectivity index (χ3n) is 4.21. The smallest absolute Gasteiger partial charge is 0.253 e. The van der Waals surface area contributed by atoms with Gasteiger partial charge in [-0.2, -0.15) is 0 Å². The van der Waals surface area contributed by atoms with Crippen LogP contribution in [0.1, 0.15) is 27.7 Å². The Bertz CT molecular complexity index is 924. The molecule has 1 unspecified atom stereocenters. The number of anilines is 1. The number of thiophene rings is 1. The van der Waals surface area contributed by atoms with Crippen LogP contribution < -0.4 is 4.31 Å². The van der Waals surface area contributed by atoms with Gasteiger partial charge in [0.1, 0.15) is 0 Å². The quantitative estimate of drug-likeness (QED) is 0.793. The second kappa shape index (κ2) is 6.63. The molecule has 0 spiro atoms. The Morgan fingerprint density at radius 3 is 2.68 bits per heavy atom. The number of hydrogen-bond acceptors (Lipinski definition) is 4. The summed E-state index contributed by atoms with van der Waals surface area (Å²) in [5, 5.41) is 0.